The van der Waals surface area contributed by atoms with Crippen LogP contribution in [0.5, 0.6) is 0 Å². The molecule has 14 heavy (non-hydrogen) atoms. The minimum absolute atomic E-state index is 0.0673. The average Bonchev–Trinajstić information content (AvgIpc) is 2.18. The van der Waals surface area contributed by atoms with Gasteiger partial charge in [0, 0.05) is 19.3 Å². The summed E-state index contributed by atoms with van der Waals surface area (Å²) >= 11 is 3.20. The summed E-state index contributed by atoms with van der Waals surface area (Å²) in [5.74, 6) is 0. The molecule has 5 heteroatoms. The Balaban J connectivity index is 3.13. The minimum atomic E-state index is -0.106. The zero-order chi connectivity index (χ0) is 10.7. The maximum absolute atomic E-state index is 11.6. The molecule has 0 fully saturated rings. The van der Waals surface area contributed by atoms with E-state index in [1.54, 1.807) is 13.1 Å². The number of aliphatic hydroxyl groups excluding tert-OH is 1. The van der Waals surface area contributed by atoms with Crippen molar-refractivity contribution in [3.63, 3.8) is 0 Å². The van der Waals surface area contributed by atoms with Crippen LogP contribution in [0.25, 0.3) is 0 Å². The first-order valence-corrected chi connectivity index (χ1v) is 5.13. The molecule has 0 amide bonds. The summed E-state index contributed by atoms with van der Waals surface area (Å²) in [6.45, 7) is 2.34. The zero-order valence-electron chi connectivity index (χ0n) is 7.96. The van der Waals surface area contributed by atoms with Crippen LogP contribution in [0.1, 0.15) is 12.0 Å². The van der Waals surface area contributed by atoms with Crippen LogP contribution in [-0.4, -0.2) is 16.3 Å². The Labute approximate surface area is 90.5 Å². The number of hydrogen-bond donors (Lipinski definition) is 2. The molecule has 0 saturated heterocycles. The summed E-state index contributed by atoms with van der Waals surface area (Å²) in [4.78, 5) is 11.6. The number of aromatic nitrogens is 1. The van der Waals surface area contributed by atoms with Crippen LogP contribution in [-0.2, 0) is 6.54 Å². The minimum Gasteiger partial charge on any atom is -0.397 e. The molecule has 0 unspecified atom stereocenters. The van der Waals surface area contributed by atoms with Crippen molar-refractivity contribution in [2.45, 2.75) is 19.9 Å². The van der Waals surface area contributed by atoms with Crippen LogP contribution in [0.3, 0.4) is 0 Å². The van der Waals surface area contributed by atoms with Gasteiger partial charge in [-0.3, -0.25) is 4.79 Å². The molecule has 78 valence electrons. The van der Waals surface area contributed by atoms with E-state index >= 15 is 0 Å². The standard InChI is InChI=1S/C9H13BrN2O2/c1-6-7(11)5-12(3-2-4-13)9(14)8(6)10/h5,13H,2-4,11H2,1H3. The van der Waals surface area contributed by atoms with Gasteiger partial charge in [-0.1, -0.05) is 0 Å². The second kappa shape index (κ2) is 4.61. The Morgan fingerprint density at radius 1 is 1.64 bits per heavy atom. The number of nitrogen functional groups attached to an aromatic ring is 1. The lowest BCUT2D eigenvalue weighted by molar-refractivity contribution is 0.279. The number of aliphatic hydroxyl groups is 1. The van der Waals surface area contributed by atoms with Crippen molar-refractivity contribution < 1.29 is 5.11 Å². The van der Waals surface area contributed by atoms with Gasteiger partial charge in [0.15, 0.2) is 0 Å². The maximum atomic E-state index is 11.6. The Kier molecular flexibility index (Phi) is 3.71. The number of anilines is 1. The molecule has 3 N–H and O–H groups in total. The molecular weight excluding hydrogens is 248 g/mol. The van der Waals surface area contributed by atoms with Gasteiger partial charge in [-0.15, -0.1) is 0 Å². The monoisotopic (exact) mass is 260 g/mol. The maximum Gasteiger partial charge on any atom is 0.265 e. The van der Waals surface area contributed by atoms with E-state index in [9.17, 15) is 4.79 Å². The third kappa shape index (κ3) is 2.16. The largest absolute Gasteiger partial charge is 0.397 e. The Morgan fingerprint density at radius 2 is 2.29 bits per heavy atom. The van der Waals surface area contributed by atoms with E-state index in [-0.39, 0.29) is 12.2 Å². The Morgan fingerprint density at radius 3 is 2.86 bits per heavy atom. The molecule has 0 bridgehead atoms. The highest BCUT2D eigenvalue weighted by molar-refractivity contribution is 9.10. The molecule has 1 heterocycles. The number of aryl methyl sites for hydroxylation is 1. The smallest absolute Gasteiger partial charge is 0.265 e. The average molecular weight is 261 g/mol. The summed E-state index contributed by atoms with van der Waals surface area (Å²) in [6.07, 6.45) is 2.16. The number of rotatable bonds is 3. The normalized spacial score (nSPS) is 10.5. The van der Waals surface area contributed by atoms with Crippen LogP contribution < -0.4 is 11.3 Å². The molecule has 1 rings (SSSR count). The number of halogens is 1. The number of nitrogens with zero attached hydrogens (tertiary/aromatic N) is 1. The second-order valence-electron chi connectivity index (χ2n) is 3.10. The van der Waals surface area contributed by atoms with Gasteiger partial charge in [-0.05, 0) is 34.8 Å². The highest BCUT2D eigenvalue weighted by Crippen LogP contribution is 2.16. The summed E-state index contributed by atoms with van der Waals surface area (Å²) in [5.41, 5.74) is 6.94. The van der Waals surface area contributed by atoms with Crippen molar-refractivity contribution >= 4 is 21.6 Å². The quantitative estimate of drug-likeness (QED) is 0.848. The first-order chi connectivity index (χ1) is 6.57. The molecule has 0 radical (unpaired) electrons. The van der Waals surface area contributed by atoms with Crippen molar-refractivity contribution in [2.24, 2.45) is 0 Å². The van der Waals surface area contributed by atoms with E-state index in [1.807, 2.05) is 0 Å². The molecule has 0 atom stereocenters. The fourth-order valence-electron chi connectivity index (χ4n) is 1.14. The summed E-state index contributed by atoms with van der Waals surface area (Å²) < 4.78 is 2.00. The fraction of sp³-hybridized carbons (Fsp3) is 0.444. The molecule has 1 aromatic heterocycles. The summed E-state index contributed by atoms with van der Waals surface area (Å²) in [7, 11) is 0. The Bertz CT molecular complexity index is 387. The third-order valence-electron chi connectivity index (χ3n) is 2.06. The highest BCUT2D eigenvalue weighted by atomic mass is 79.9. The van der Waals surface area contributed by atoms with E-state index < -0.39 is 0 Å². The summed E-state index contributed by atoms with van der Waals surface area (Å²) in [5, 5.41) is 8.65. The van der Waals surface area contributed by atoms with Crippen LogP contribution in [0.15, 0.2) is 15.5 Å². The predicted octanol–water partition coefficient (Wildman–Crippen LogP) is 0.884. The van der Waals surface area contributed by atoms with Crippen molar-refractivity contribution in [3.05, 3.63) is 26.6 Å². The van der Waals surface area contributed by atoms with Gasteiger partial charge >= 0.3 is 0 Å². The first-order valence-electron chi connectivity index (χ1n) is 4.33. The van der Waals surface area contributed by atoms with Gasteiger partial charge in [0.1, 0.15) is 0 Å². The number of hydrogen-bond acceptors (Lipinski definition) is 3. The van der Waals surface area contributed by atoms with Gasteiger partial charge in [-0.2, -0.15) is 0 Å². The fourth-order valence-corrected chi connectivity index (χ4v) is 1.60. The van der Waals surface area contributed by atoms with E-state index in [0.29, 0.717) is 23.1 Å². The summed E-state index contributed by atoms with van der Waals surface area (Å²) in [6, 6.07) is 0. The SMILES string of the molecule is Cc1c(N)cn(CCCO)c(=O)c1Br. The van der Waals surface area contributed by atoms with E-state index in [0.717, 1.165) is 5.56 Å². The lowest BCUT2D eigenvalue weighted by atomic mass is 10.2. The topological polar surface area (TPSA) is 68.2 Å². The molecular formula is C9H13BrN2O2. The lowest BCUT2D eigenvalue weighted by Crippen LogP contribution is -2.22. The molecule has 0 saturated carbocycles. The first kappa shape index (κ1) is 11.3. The molecule has 4 nitrogen and oxygen atoms in total. The van der Waals surface area contributed by atoms with Gasteiger partial charge in [0.05, 0.1) is 10.2 Å². The van der Waals surface area contributed by atoms with E-state index in [1.165, 1.54) is 4.57 Å². The van der Waals surface area contributed by atoms with Crippen molar-refractivity contribution in [1.29, 1.82) is 0 Å². The van der Waals surface area contributed by atoms with E-state index in [4.69, 9.17) is 10.8 Å². The van der Waals surface area contributed by atoms with Crippen molar-refractivity contribution in [3.8, 4) is 0 Å². The lowest BCUT2D eigenvalue weighted by Gasteiger charge is -2.09. The zero-order valence-corrected chi connectivity index (χ0v) is 9.54. The Hall–Kier alpha value is -0.810. The van der Waals surface area contributed by atoms with Crippen molar-refractivity contribution in [1.82, 2.24) is 4.57 Å². The second-order valence-corrected chi connectivity index (χ2v) is 3.89. The molecule has 0 aliphatic carbocycles. The van der Waals surface area contributed by atoms with Crippen molar-refractivity contribution in [2.75, 3.05) is 12.3 Å². The predicted molar refractivity (Wildman–Crippen MR) is 59.3 cm³/mol. The molecule has 0 aliphatic rings. The van der Waals surface area contributed by atoms with Gasteiger partial charge in [0.2, 0.25) is 0 Å². The van der Waals surface area contributed by atoms with Gasteiger partial charge in [-0.25, -0.2) is 0 Å². The van der Waals surface area contributed by atoms with E-state index in [2.05, 4.69) is 15.9 Å². The highest BCUT2D eigenvalue weighted by Gasteiger charge is 2.07. The number of pyridine rings is 1. The molecule has 1 aromatic rings. The van der Waals surface area contributed by atoms with Gasteiger partial charge < -0.3 is 15.4 Å². The van der Waals surface area contributed by atoms with Gasteiger partial charge in [0.25, 0.3) is 5.56 Å². The molecule has 0 aromatic carbocycles. The van der Waals surface area contributed by atoms with Crippen LogP contribution >= 0.6 is 15.9 Å². The third-order valence-corrected chi connectivity index (χ3v) is 3.00. The molecule has 0 aliphatic heterocycles. The van der Waals surface area contributed by atoms with Crippen LogP contribution in [0, 0.1) is 6.92 Å². The van der Waals surface area contributed by atoms with Crippen LogP contribution in [0.2, 0.25) is 0 Å². The number of nitrogens with two attached hydrogens (primary N) is 1. The van der Waals surface area contributed by atoms with Crippen LogP contribution in [0.4, 0.5) is 5.69 Å². The molecule has 0 spiro atoms.